The van der Waals surface area contributed by atoms with Gasteiger partial charge in [-0.25, -0.2) is 4.99 Å². The molecular weight excluding hydrogens is 412 g/mol. The highest BCUT2D eigenvalue weighted by Crippen LogP contribution is 2.12. The third-order valence-corrected chi connectivity index (χ3v) is 4.48. The smallest absolute Gasteiger partial charge is 0.313 e. The predicted molar refractivity (Wildman–Crippen MR) is 110 cm³/mol. The molecule has 5 N–H and O–H groups in total. The number of anilines is 1. The Hall–Kier alpha value is -4.06. The molecule has 0 atom stereocenters. The first-order valence-electron chi connectivity index (χ1n) is 8.31. The molecule has 0 spiro atoms. The number of amidine groups is 2. The molecule has 0 saturated heterocycles. The topological polar surface area (TPSA) is 180 Å². The molecule has 1 aliphatic heterocycles. The zero-order chi connectivity index (χ0) is 21.7. The van der Waals surface area contributed by atoms with Crippen molar-refractivity contribution in [3.05, 3.63) is 54.0 Å². The number of nitrogens with one attached hydrogen (secondary N) is 3. The van der Waals surface area contributed by atoms with Crippen LogP contribution in [-0.4, -0.2) is 46.1 Å². The van der Waals surface area contributed by atoms with Gasteiger partial charge in [0.15, 0.2) is 22.5 Å². The van der Waals surface area contributed by atoms with Crippen LogP contribution in [-0.2, 0) is 9.59 Å². The number of benzene rings is 1. The summed E-state index contributed by atoms with van der Waals surface area (Å²) in [5, 5.41) is 12.8. The zero-order valence-electron chi connectivity index (χ0n) is 15.2. The first-order chi connectivity index (χ1) is 14.3. The minimum atomic E-state index is -0.817. The zero-order valence-corrected chi connectivity index (χ0v) is 16.0. The van der Waals surface area contributed by atoms with Crippen molar-refractivity contribution in [2.75, 3.05) is 11.1 Å². The van der Waals surface area contributed by atoms with E-state index in [1.165, 1.54) is 42.7 Å². The minimum absolute atomic E-state index is 0.0219. The molecule has 0 bridgehead atoms. The maximum absolute atomic E-state index is 12.1. The average molecular weight is 426 g/mol. The molecular formula is C18H14N6O5S. The van der Waals surface area contributed by atoms with Crippen LogP contribution >= 0.6 is 11.8 Å². The Morgan fingerprint density at radius 3 is 2.57 bits per heavy atom. The highest BCUT2D eigenvalue weighted by atomic mass is 32.2. The Labute approximate surface area is 173 Å². The first kappa shape index (κ1) is 20.7. The Balaban J connectivity index is 1.58. The molecule has 152 valence electrons. The third-order valence-electron chi connectivity index (χ3n) is 3.61. The van der Waals surface area contributed by atoms with Crippen LogP contribution in [0.1, 0.15) is 20.9 Å². The molecule has 1 aromatic carbocycles. The van der Waals surface area contributed by atoms with Gasteiger partial charge in [-0.05, 0) is 36.4 Å². The molecule has 30 heavy (non-hydrogen) atoms. The predicted octanol–water partition coefficient (Wildman–Crippen LogP) is 0.795. The lowest BCUT2D eigenvalue weighted by atomic mass is 10.2. The molecule has 0 fully saturated rings. The summed E-state index contributed by atoms with van der Waals surface area (Å²) in [5.41, 5.74) is 5.46. The molecule has 0 unspecified atom stereocenters. The number of thioether (sulfide) groups is 1. The van der Waals surface area contributed by atoms with E-state index >= 15 is 0 Å². The van der Waals surface area contributed by atoms with Crippen LogP contribution in [0.5, 0.6) is 0 Å². The maximum atomic E-state index is 12.1. The fourth-order valence-electron chi connectivity index (χ4n) is 2.22. The van der Waals surface area contributed by atoms with Gasteiger partial charge in [-0.1, -0.05) is 11.8 Å². The van der Waals surface area contributed by atoms with Crippen LogP contribution in [0.25, 0.3) is 0 Å². The number of nitrogens with zero attached hydrogens (tertiary/aromatic N) is 2. The molecule has 2 heterocycles. The summed E-state index contributed by atoms with van der Waals surface area (Å²) in [6, 6.07) is 8.87. The second-order valence-corrected chi connectivity index (χ2v) is 6.71. The van der Waals surface area contributed by atoms with Gasteiger partial charge in [0.25, 0.3) is 5.91 Å². The summed E-state index contributed by atoms with van der Waals surface area (Å²) in [5.74, 6) is -3.28. The lowest BCUT2D eigenvalue weighted by Gasteiger charge is -2.14. The van der Waals surface area contributed by atoms with E-state index in [0.717, 1.165) is 11.8 Å². The van der Waals surface area contributed by atoms with Crippen molar-refractivity contribution >= 4 is 57.8 Å². The Kier molecular flexibility index (Phi) is 6.17. The molecule has 12 heteroatoms. The first-order valence-corrected chi connectivity index (χ1v) is 9.30. The van der Waals surface area contributed by atoms with Gasteiger partial charge in [-0.15, -0.1) is 0 Å². The molecule has 3 rings (SSSR count). The molecule has 1 aliphatic rings. The lowest BCUT2D eigenvalue weighted by Crippen LogP contribution is -2.43. The molecule has 2 aromatic rings. The van der Waals surface area contributed by atoms with Crippen LogP contribution in [0.2, 0.25) is 0 Å². The van der Waals surface area contributed by atoms with Crippen molar-refractivity contribution in [2.45, 2.75) is 0 Å². The van der Waals surface area contributed by atoms with E-state index in [-0.39, 0.29) is 16.7 Å². The van der Waals surface area contributed by atoms with Crippen molar-refractivity contribution in [2.24, 2.45) is 15.7 Å². The van der Waals surface area contributed by atoms with Gasteiger partial charge in [-0.2, -0.15) is 4.99 Å². The van der Waals surface area contributed by atoms with Crippen LogP contribution in [0.4, 0.5) is 5.69 Å². The van der Waals surface area contributed by atoms with Crippen molar-refractivity contribution in [3.8, 4) is 0 Å². The monoisotopic (exact) mass is 426 g/mol. The standard InChI is InChI=1S/C18H14N6O5S/c19-14-13(22-16(27)11-2-1-7-29-11)17(28)24-18(23-14)30-8-12(25)21-10-5-3-9(4-6-10)15(20)26/h1-7H,8H2,(H2,20,26)(H,21,25)(H2,19,23,24,28). The minimum Gasteiger partial charge on any atom is -0.459 e. The number of nitrogens with two attached hydrogens (primary N) is 1. The van der Waals surface area contributed by atoms with Gasteiger partial charge >= 0.3 is 5.91 Å². The average Bonchev–Trinajstić information content (AvgIpc) is 3.24. The van der Waals surface area contributed by atoms with E-state index in [1.807, 2.05) is 0 Å². The SMILES string of the molecule is N=C1N=C(SCC(=O)Nc2ccc(C(N)=O)cc2)NC(=O)C1=NC(=O)c1ccco1. The number of amides is 4. The third kappa shape index (κ3) is 5.05. The maximum Gasteiger partial charge on any atom is 0.313 e. The summed E-state index contributed by atoms with van der Waals surface area (Å²) in [6.07, 6.45) is 1.28. The van der Waals surface area contributed by atoms with Gasteiger partial charge < -0.3 is 15.5 Å². The Bertz CT molecular complexity index is 1090. The lowest BCUT2D eigenvalue weighted by molar-refractivity contribution is -0.114. The number of primary amides is 1. The van der Waals surface area contributed by atoms with E-state index < -0.39 is 35.2 Å². The molecule has 11 nitrogen and oxygen atoms in total. The van der Waals surface area contributed by atoms with E-state index in [9.17, 15) is 19.2 Å². The van der Waals surface area contributed by atoms with E-state index in [0.29, 0.717) is 11.3 Å². The second kappa shape index (κ2) is 8.96. The summed E-state index contributed by atoms with van der Waals surface area (Å²) in [6.45, 7) is 0. The number of hydrogen-bond donors (Lipinski definition) is 4. The number of rotatable bonds is 5. The highest BCUT2D eigenvalue weighted by molar-refractivity contribution is 8.14. The quantitative estimate of drug-likeness (QED) is 0.548. The summed E-state index contributed by atoms with van der Waals surface area (Å²) in [7, 11) is 0. The summed E-state index contributed by atoms with van der Waals surface area (Å²) < 4.78 is 4.89. The van der Waals surface area contributed by atoms with Gasteiger partial charge in [0.2, 0.25) is 11.8 Å². The van der Waals surface area contributed by atoms with Crippen molar-refractivity contribution in [1.29, 1.82) is 5.41 Å². The van der Waals surface area contributed by atoms with Crippen LogP contribution in [0.3, 0.4) is 0 Å². The largest absolute Gasteiger partial charge is 0.459 e. The molecule has 4 amide bonds. The number of furan rings is 1. The van der Waals surface area contributed by atoms with Crippen molar-refractivity contribution < 1.29 is 23.6 Å². The summed E-state index contributed by atoms with van der Waals surface area (Å²) in [4.78, 5) is 54.6. The molecule has 0 aliphatic carbocycles. The van der Waals surface area contributed by atoms with Gasteiger partial charge in [-0.3, -0.25) is 29.9 Å². The normalized spacial score (nSPS) is 14.8. The van der Waals surface area contributed by atoms with Gasteiger partial charge in [0.1, 0.15) is 0 Å². The fourth-order valence-corrected chi connectivity index (χ4v) is 2.88. The molecule has 0 radical (unpaired) electrons. The van der Waals surface area contributed by atoms with E-state index in [2.05, 4.69) is 20.6 Å². The summed E-state index contributed by atoms with van der Waals surface area (Å²) >= 11 is 0.892. The number of aliphatic imine (C=N–C) groups is 2. The highest BCUT2D eigenvalue weighted by Gasteiger charge is 2.26. The van der Waals surface area contributed by atoms with Crippen LogP contribution in [0, 0.1) is 5.41 Å². The van der Waals surface area contributed by atoms with E-state index in [4.69, 9.17) is 15.6 Å². The van der Waals surface area contributed by atoms with E-state index in [1.54, 1.807) is 0 Å². The van der Waals surface area contributed by atoms with Crippen molar-refractivity contribution in [1.82, 2.24) is 5.32 Å². The van der Waals surface area contributed by atoms with Crippen LogP contribution in [0.15, 0.2) is 57.1 Å². The van der Waals surface area contributed by atoms with Crippen LogP contribution < -0.4 is 16.4 Å². The number of hydrogen-bond acceptors (Lipinski definition) is 7. The van der Waals surface area contributed by atoms with Gasteiger partial charge in [0, 0.05) is 11.3 Å². The Morgan fingerprint density at radius 2 is 1.97 bits per heavy atom. The fraction of sp³-hybridized carbons (Fsp3) is 0.0556. The Morgan fingerprint density at radius 1 is 1.23 bits per heavy atom. The number of carbonyl (C=O) groups is 4. The second-order valence-electron chi connectivity index (χ2n) is 5.74. The van der Waals surface area contributed by atoms with Crippen molar-refractivity contribution in [3.63, 3.8) is 0 Å². The van der Waals surface area contributed by atoms with Gasteiger partial charge in [0.05, 0.1) is 12.0 Å². The molecule has 1 aromatic heterocycles. The number of carbonyl (C=O) groups excluding carboxylic acids is 4. The molecule has 0 saturated carbocycles.